The van der Waals surface area contributed by atoms with Crippen molar-refractivity contribution in [1.82, 2.24) is 5.32 Å². The van der Waals surface area contributed by atoms with Gasteiger partial charge < -0.3 is 10.1 Å². The van der Waals surface area contributed by atoms with Gasteiger partial charge in [0.15, 0.2) is 0 Å². The predicted molar refractivity (Wildman–Crippen MR) is 58.8 cm³/mol. The standard InChI is InChI=1S/C11H20F5NO/c1-3-6-17-9(2)5-4-7-18-8-10(12,13)11(14,15)16/h9,17H,3-8H2,1-2H3. The zero-order valence-electron chi connectivity index (χ0n) is 10.6. The fraction of sp³-hybridized carbons (Fsp3) is 1.00. The van der Waals surface area contributed by atoms with E-state index in [1.165, 1.54) is 0 Å². The topological polar surface area (TPSA) is 21.3 Å². The van der Waals surface area contributed by atoms with Crippen molar-refractivity contribution in [1.29, 1.82) is 0 Å². The Morgan fingerprint density at radius 3 is 2.28 bits per heavy atom. The summed E-state index contributed by atoms with van der Waals surface area (Å²) in [7, 11) is 0. The van der Waals surface area contributed by atoms with Crippen molar-refractivity contribution in [3.63, 3.8) is 0 Å². The minimum Gasteiger partial charge on any atom is -0.375 e. The number of nitrogens with one attached hydrogen (secondary N) is 1. The van der Waals surface area contributed by atoms with Gasteiger partial charge in [-0.25, -0.2) is 0 Å². The van der Waals surface area contributed by atoms with E-state index < -0.39 is 18.7 Å². The Morgan fingerprint density at radius 2 is 1.78 bits per heavy atom. The molecule has 18 heavy (non-hydrogen) atoms. The maximum absolute atomic E-state index is 12.4. The van der Waals surface area contributed by atoms with Crippen LogP contribution in [0.1, 0.15) is 33.1 Å². The molecule has 1 N–H and O–H groups in total. The van der Waals surface area contributed by atoms with Gasteiger partial charge in [-0.3, -0.25) is 0 Å². The third kappa shape index (κ3) is 7.10. The maximum Gasteiger partial charge on any atom is 0.455 e. The van der Waals surface area contributed by atoms with E-state index in [1.54, 1.807) is 0 Å². The van der Waals surface area contributed by atoms with Gasteiger partial charge in [-0.05, 0) is 32.7 Å². The van der Waals surface area contributed by atoms with Crippen LogP contribution in [-0.4, -0.2) is 37.9 Å². The monoisotopic (exact) mass is 277 g/mol. The van der Waals surface area contributed by atoms with Crippen LogP contribution in [0, 0.1) is 0 Å². The molecule has 0 aromatic heterocycles. The Balaban J connectivity index is 3.63. The Bertz CT molecular complexity index is 220. The Hall–Kier alpha value is -0.430. The highest BCUT2D eigenvalue weighted by molar-refractivity contribution is 4.74. The maximum atomic E-state index is 12.4. The van der Waals surface area contributed by atoms with Crippen molar-refractivity contribution in [3.05, 3.63) is 0 Å². The van der Waals surface area contributed by atoms with Gasteiger partial charge >= 0.3 is 12.1 Å². The zero-order valence-corrected chi connectivity index (χ0v) is 10.6. The minimum absolute atomic E-state index is 0.0934. The average Bonchev–Trinajstić information content (AvgIpc) is 2.24. The summed E-state index contributed by atoms with van der Waals surface area (Å²) in [5.74, 6) is -4.76. The second-order valence-electron chi connectivity index (χ2n) is 4.25. The highest BCUT2D eigenvalue weighted by Crippen LogP contribution is 2.35. The summed E-state index contributed by atoms with van der Waals surface area (Å²) in [6, 6.07) is 0.205. The van der Waals surface area contributed by atoms with E-state index in [1.807, 2.05) is 13.8 Å². The zero-order chi connectivity index (χ0) is 14.2. The molecular formula is C11H20F5NO. The highest BCUT2D eigenvalue weighted by Gasteiger charge is 2.57. The molecule has 0 fully saturated rings. The van der Waals surface area contributed by atoms with E-state index in [4.69, 9.17) is 0 Å². The Morgan fingerprint density at radius 1 is 1.17 bits per heavy atom. The second-order valence-corrected chi connectivity index (χ2v) is 4.25. The first-order chi connectivity index (χ1) is 8.20. The van der Waals surface area contributed by atoms with Crippen LogP contribution in [0.4, 0.5) is 22.0 Å². The molecule has 0 rings (SSSR count). The summed E-state index contributed by atoms with van der Waals surface area (Å²) >= 11 is 0. The van der Waals surface area contributed by atoms with E-state index in [2.05, 4.69) is 10.1 Å². The van der Waals surface area contributed by atoms with Crippen molar-refractivity contribution >= 4 is 0 Å². The fourth-order valence-electron chi connectivity index (χ4n) is 1.27. The summed E-state index contributed by atoms with van der Waals surface area (Å²) in [6.45, 7) is 3.10. The van der Waals surface area contributed by atoms with Crippen LogP contribution in [0.5, 0.6) is 0 Å². The quantitative estimate of drug-likeness (QED) is 0.515. The summed E-state index contributed by atoms with van der Waals surface area (Å²) < 4.78 is 64.5. The molecule has 0 amide bonds. The molecule has 0 saturated heterocycles. The smallest absolute Gasteiger partial charge is 0.375 e. The van der Waals surface area contributed by atoms with Crippen molar-refractivity contribution in [2.24, 2.45) is 0 Å². The molecule has 0 radical (unpaired) electrons. The highest BCUT2D eigenvalue weighted by atomic mass is 19.4. The molecule has 7 heteroatoms. The van der Waals surface area contributed by atoms with Gasteiger partial charge in [-0.2, -0.15) is 22.0 Å². The van der Waals surface area contributed by atoms with Gasteiger partial charge in [0.1, 0.15) is 6.61 Å². The largest absolute Gasteiger partial charge is 0.455 e. The lowest BCUT2D eigenvalue weighted by Gasteiger charge is -2.19. The third-order valence-electron chi connectivity index (χ3n) is 2.37. The van der Waals surface area contributed by atoms with Crippen molar-refractivity contribution < 1.29 is 26.7 Å². The number of ether oxygens (including phenoxy) is 1. The van der Waals surface area contributed by atoms with Crippen molar-refractivity contribution in [2.75, 3.05) is 19.8 Å². The van der Waals surface area contributed by atoms with Gasteiger partial charge in [0.05, 0.1) is 0 Å². The fourth-order valence-corrected chi connectivity index (χ4v) is 1.27. The van der Waals surface area contributed by atoms with Gasteiger partial charge in [-0.15, -0.1) is 0 Å². The normalized spacial score (nSPS) is 14.8. The van der Waals surface area contributed by atoms with Crippen LogP contribution in [0.3, 0.4) is 0 Å². The lowest BCUT2D eigenvalue weighted by atomic mass is 10.2. The number of hydrogen-bond donors (Lipinski definition) is 1. The Labute approximate surface area is 104 Å². The molecule has 0 aliphatic rings. The molecule has 110 valence electrons. The second kappa shape index (κ2) is 7.89. The molecule has 0 aliphatic heterocycles. The van der Waals surface area contributed by atoms with Crippen LogP contribution in [0.2, 0.25) is 0 Å². The van der Waals surface area contributed by atoms with Crippen LogP contribution < -0.4 is 5.32 Å². The molecule has 0 bridgehead atoms. The summed E-state index contributed by atoms with van der Waals surface area (Å²) in [5, 5.41) is 3.18. The first-order valence-corrected chi connectivity index (χ1v) is 5.96. The number of rotatable bonds is 9. The van der Waals surface area contributed by atoms with E-state index in [9.17, 15) is 22.0 Å². The SMILES string of the molecule is CCCNC(C)CCCOCC(F)(F)C(F)(F)F. The van der Waals surface area contributed by atoms with Crippen LogP contribution >= 0.6 is 0 Å². The van der Waals surface area contributed by atoms with Crippen molar-refractivity contribution in [2.45, 2.75) is 51.3 Å². The van der Waals surface area contributed by atoms with Crippen LogP contribution in [0.15, 0.2) is 0 Å². The molecule has 1 atom stereocenters. The first kappa shape index (κ1) is 17.6. The van der Waals surface area contributed by atoms with Gasteiger partial charge in [-0.1, -0.05) is 6.92 Å². The first-order valence-electron chi connectivity index (χ1n) is 5.96. The van der Waals surface area contributed by atoms with Crippen molar-refractivity contribution in [3.8, 4) is 0 Å². The summed E-state index contributed by atoms with van der Waals surface area (Å²) in [4.78, 5) is 0. The molecule has 0 aromatic carbocycles. The predicted octanol–water partition coefficient (Wildman–Crippen LogP) is 3.37. The molecule has 0 spiro atoms. The van der Waals surface area contributed by atoms with E-state index in [0.717, 1.165) is 13.0 Å². The Kier molecular flexibility index (Phi) is 7.70. The average molecular weight is 277 g/mol. The molecule has 0 aliphatic carbocycles. The van der Waals surface area contributed by atoms with Crippen LogP contribution in [-0.2, 0) is 4.74 Å². The molecular weight excluding hydrogens is 257 g/mol. The van der Waals surface area contributed by atoms with E-state index in [0.29, 0.717) is 12.8 Å². The molecule has 0 aromatic rings. The van der Waals surface area contributed by atoms with Crippen LogP contribution in [0.25, 0.3) is 0 Å². The molecule has 0 heterocycles. The minimum atomic E-state index is -5.54. The van der Waals surface area contributed by atoms with E-state index in [-0.39, 0.29) is 12.6 Å². The number of alkyl halides is 5. The summed E-state index contributed by atoms with van der Waals surface area (Å²) in [5.41, 5.74) is 0. The van der Waals surface area contributed by atoms with E-state index >= 15 is 0 Å². The summed E-state index contributed by atoms with van der Waals surface area (Å²) in [6.07, 6.45) is -3.43. The van der Waals surface area contributed by atoms with Gasteiger partial charge in [0.2, 0.25) is 0 Å². The number of hydrogen-bond acceptors (Lipinski definition) is 2. The third-order valence-corrected chi connectivity index (χ3v) is 2.37. The van der Waals surface area contributed by atoms with Gasteiger partial charge in [0, 0.05) is 12.6 Å². The molecule has 0 saturated carbocycles. The van der Waals surface area contributed by atoms with Gasteiger partial charge in [0.25, 0.3) is 0 Å². The lowest BCUT2D eigenvalue weighted by molar-refractivity contribution is -0.296. The number of halogens is 5. The molecule has 2 nitrogen and oxygen atoms in total. The molecule has 1 unspecified atom stereocenters. The lowest BCUT2D eigenvalue weighted by Crippen LogP contribution is -2.40.